The number of pyridine rings is 1. The van der Waals surface area contributed by atoms with Gasteiger partial charge >= 0.3 is 5.69 Å². The third-order valence-corrected chi connectivity index (χ3v) is 3.97. The first-order chi connectivity index (χ1) is 12.6. The van der Waals surface area contributed by atoms with Crippen LogP contribution >= 0.6 is 0 Å². The maximum absolute atomic E-state index is 12.9. The number of hydrogen-bond donors (Lipinski definition) is 1. The molecule has 0 saturated carbocycles. The summed E-state index contributed by atoms with van der Waals surface area (Å²) >= 11 is 0. The number of benzene rings is 1. The summed E-state index contributed by atoms with van der Waals surface area (Å²) in [7, 11) is 0. The summed E-state index contributed by atoms with van der Waals surface area (Å²) in [5.74, 6) is -0.463. The Hall–Kier alpha value is -3.48. The lowest BCUT2D eigenvalue weighted by Crippen LogP contribution is -2.42. The second kappa shape index (κ2) is 7.60. The minimum Gasteiger partial charge on any atom is -0.313 e. The van der Waals surface area contributed by atoms with E-state index in [1.165, 1.54) is 11.1 Å². The van der Waals surface area contributed by atoms with Crippen molar-refractivity contribution in [2.45, 2.75) is 13.5 Å². The molecule has 7 nitrogen and oxygen atoms in total. The fraction of sp³-hybridized carbons (Fsp3) is 0.158. The molecule has 0 radical (unpaired) electrons. The third kappa shape index (κ3) is 3.46. The first kappa shape index (κ1) is 17.3. The van der Waals surface area contributed by atoms with E-state index in [1.807, 2.05) is 25.1 Å². The zero-order valence-corrected chi connectivity index (χ0v) is 14.3. The van der Waals surface area contributed by atoms with Gasteiger partial charge in [0.25, 0.3) is 11.5 Å². The monoisotopic (exact) mass is 350 g/mol. The number of carbonyl (C=O) groups excluding carboxylic acids is 1. The lowest BCUT2D eigenvalue weighted by Gasteiger charge is -2.20. The van der Waals surface area contributed by atoms with Crippen molar-refractivity contribution < 1.29 is 4.79 Å². The molecular weight excluding hydrogens is 332 g/mol. The number of aromatic amines is 1. The van der Waals surface area contributed by atoms with Crippen molar-refractivity contribution in [3.05, 3.63) is 93.0 Å². The van der Waals surface area contributed by atoms with Crippen molar-refractivity contribution in [3.8, 4) is 0 Å². The lowest BCUT2D eigenvalue weighted by molar-refractivity contribution is 0.0985. The van der Waals surface area contributed by atoms with Gasteiger partial charge in [-0.25, -0.2) is 4.79 Å². The van der Waals surface area contributed by atoms with E-state index < -0.39 is 17.2 Å². The third-order valence-electron chi connectivity index (χ3n) is 3.97. The lowest BCUT2D eigenvalue weighted by atomic mass is 10.2. The first-order valence-corrected chi connectivity index (χ1v) is 8.21. The number of anilines is 1. The van der Waals surface area contributed by atoms with Gasteiger partial charge in [-0.1, -0.05) is 24.3 Å². The van der Waals surface area contributed by atoms with Gasteiger partial charge in [0.2, 0.25) is 0 Å². The molecule has 0 bridgehead atoms. The Morgan fingerprint density at radius 1 is 1.12 bits per heavy atom. The Morgan fingerprint density at radius 3 is 2.50 bits per heavy atom. The number of rotatable bonds is 5. The van der Waals surface area contributed by atoms with E-state index in [0.29, 0.717) is 17.9 Å². The van der Waals surface area contributed by atoms with Crippen molar-refractivity contribution in [2.75, 3.05) is 11.4 Å². The normalized spacial score (nSPS) is 10.5. The molecule has 0 aliphatic heterocycles. The average molecular weight is 350 g/mol. The first-order valence-electron chi connectivity index (χ1n) is 8.21. The van der Waals surface area contributed by atoms with Gasteiger partial charge < -0.3 is 9.88 Å². The van der Waals surface area contributed by atoms with Crippen LogP contribution in [0.15, 0.2) is 70.5 Å². The van der Waals surface area contributed by atoms with E-state index in [4.69, 9.17) is 0 Å². The highest BCUT2D eigenvalue weighted by Gasteiger charge is 2.21. The molecule has 1 aromatic carbocycles. The molecule has 3 rings (SSSR count). The van der Waals surface area contributed by atoms with Gasteiger partial charge in [0.05, 0.1) is 12.2 Å². The standard InChI is InChI=1S/C19H18N4O3/c1-2-22(15-9-4-3-5-10-15)17(24)16-12-21-19(26)23(18(16)25)13-14-8-6-7-11-20-14/h3-12H,2,13H2,1H3,(H,21,26). The van der Waals surface area contributed by atoms with E-state index in [-0.39, 0.29) is 12.1 Å². The Bertz CT molecular complexity index is 1010. The van der Waals surface area contributed by atoms with Crippen molar-refractivity contribution in [3.63, 3.8) is 0 Å². The highest BCUT2D eigenvalue weighted by Crippen LogP contribution is 2.14. The number of nitrogens with zero attached hydrogens (tertiary/aromatic N) is 3. The van der Waals surface area contributed by atoms with Gasteiger partial charge in [-0.15, -0.1) is 0 Å². The fourth-order valence-corrected chi connectivity index (χ4v) is 2.66. The fourth-order valence-electron chi connectivity index (χ4n) is 2.66. The quantitative estimate of drug-likeness (QED) is 0.758. The number of amides is 1. The molecule has 0 fully saturated rings. The van der Waals surface area contributed by atoms with Crippen LogP contribution in [0, 0.1) is 0 Å². The maximum Gasteiger partial charge on any atom is 0.328 e. The molecule has 7 heteroatoms. The number of hydrogen-bond acceptors (Lipinski definition) is 4. The number of para-hydroxylation sites is 1. The van der Waals surface area contributed by atoms with Gasteiger partial charge in [0.1, 0.15) is 5.56 Å². The van der Waals surface area contributed by atoms with E-state index in [0.717, 1.165) is 4.57 Å². The second-order valence-corrected chi connectivity index (χ2v) is 5.60. The second-order valence-electron chi connectivity index (χ2n) is 5.60. The van der Waals surface area contributed by atoms with Gasteiger partial charge in [-0.3, -0.25) is 19.1 Å². The number of aromatic nitrogens is 3. The van der Waals surface area contributed by atoms with E-state index in [9.17, 15) is 14.4 Å². The van der Waals surface area contributed by atoms with Gasteiger partial charge in [0.15, 0.2) is 0 Å². The van der Waals surface area contributed by atoms with Crippen LogP contribution in [0.25, 0.3) is 0 Å². The predicted molar refractivity (Wildman–Crippen MR) is 98.5 cm³/mol. The molecule has 132 valence electrons. The van der Waals surface area contributed by atoms with Crippen LogP contribution in [-0.4, -0.2) is 27.0 Å². The van der Waals surface area contributed by atoms with E-state index in [2.05, 4.69) is 9.97 Å². The zero-order chi connectivity index (χ0) is 18.5. The molecule has 0 spiro atoms. The van der Waals surface area contributed by atoms with Crippen LogP contribution in [0.2, 0.25) is 0 Å². The summed E-state index contributed by atoms with van der Waals surface area (Å²) in [4.78, 5) is 45.8. The number of nitrogens with one attached hydrogen (secondary N) is 1. The summed E-state index contributed by atoms with van der Waals surface area (Å²) in [6.07, 6.45) is 2.76. The number of carbonyl (C=O) groups is 1. The zero-order valence-electron chi connectivity index (χ0n) is 14.3. The molecule has 3 aromatic rings. The van der Waals surface area contributed by atoms with Crippen molar-refractivity contribution in [1.82, 2.24) is 14.5 Å². The van der Waals surface area contributed by atoms with Crippen molar-refractivity contribution in [1.29, 1.82) is 0 Å². The molecule has 2 heterocycles. The molecule has 0 aliphatic rings. The molecule has 1 amide bonds. The molecule has 2 aromatic heterocycles. The van der Waals surface area contributed by atoms with Gasteiger partial charge in [-0.05, 0) is 31.2 Å². The minimum atomic E-state index is -0.640. The molecule has 0 atom stereocenters. The Labute approximate surface area is 149 Å². The topological polar surface area (TPSA) is 88.1 Å². The molecule has 0 aliphatic carbocycles. The Kier molecular flexibility index (Phi) is 5.07. The van der Waals surface area contributed by atoms with Crippen molar-refractivity contribution in [2.24, 2.45) is 0 Å². The maximum atomic E-state index is 12.9. The highest BCUT2D eigenvalue weighted by atomic mass is 16.2. The largest absolute Gasteiger partial charge is 0.328 e. The summed E-state index contributed by atoms with van der Waals surface area (Å²) in [6, 6.07) is 14.3. The van der Waals surface area contributed by atoms with Crippen LogP contribution in [0.5, 0.6) is 0 Å². The summed E-state index contributed by atoms with van der Waals surface area (Å²) in [5.41, 5.74) is -0.0769. The summed E-state index contributed by atoms with van der Waals surface area (Å²) in [6.45, 7) is 2.21. The van der Waals surface area contributed by atoms with Crippen LogP contribution in [0.1, 0.15) is 23.0 Å². The van der Waals surface area contributed by atoms with Crippen LogP contribution in [0.4, 0.5) is 5.69 Å². The molecular formula is C19H18N4O3. The smallest absolute Gasteiger partial charge is 0.313 e. The molecule has 0 saturated heterocycles. The SMILES string of the molecule is CCN(C(=O)c1c[nH]c(=O)n(Cc2ccccn2)c1=O)c1ccccc1. The van der Waals surface area contributed by atoms with Gasteiger partial charge in [-0.2, -0.15) is 0 Å². The molecule has 1 N–H and O–H groups in total. The van der Waals surface area contributed by atoms with E-state index in [1.54, 1.807) is 36.5 Å². The van der Waals surface area contributed by atoms with Gasteiger partial charge in [0, 0.05) is 24.6 Å². The van der Waals surface area contributed by atoms with Crippen LogP contribution < -0.4 is 16.1 Å². The van der Waals surface area contributed by atoms with Crippen LogP contribution in [-0.2, 0) is 6.54 Å². The predicted octanol–water partition coefficient (Wildman–Crippen LogP) is 1.65. The minimum absolute atomic E-state index is 0.00636. The summed E-state index contributed by atoms with van der Waals surface area (Å²) in [5, 5.41) is 0. The van der Waals surface area contributed by atoms with Crippen molar-refractivity contribution >= 4 is 11.6 Å². The highest BCUT2D eigenvalue weighted by molar-refractivity contribution is 6.05. The number of H-pyrrole nitrogens is 1. The Morgan fingerprint density at radius 2 is 1.85 bits per heavy atom. The average Bonchev–Trinajstić information content (AvgIpc) is 2.67. The summed E-state index contributed by atoms with van der Waals surface area (Å²) < 4.78 is 0.981. The molecule has 26 heavy (non-hydrogen) atoms. The Balaban J connectivity index is 2.00. The molecule has 0 unspecified atom stereocenters. The van der Waals surface area contributed by atoms with Crippen LogP contribution in [0.3, 0.4) is 0 Å². The van der Waals surface area contributed by atoms with E-state index >= 15 is 0 Å².